The number of amides is 2. The normalized spacial score (nSPS) is 11.5. The summed E-state index contributed by atoms with van der Waals surface area (Å²) in [6.45, 7) is 0.851. The van der Waals surface area contributed by atoms with Crippen molar-refractivity contribution in [1.82, 2.24) is 10.3 Å². The van der Waals surface area contributed by atoms with E-state index in [2.05, 4.69) is 36.9 Å². The topological polar surface area (TPSA) is 158 Å². The summed E-state index contributed by atoms with van der Waals surface area (Å²) in [6.07, 6.45) is 1.88. The molecule has 0 radical (unpaired) electrons. The molecule has 0 aliphatic heterocycles. The Bertz CT molecular complexity index is 1980. The standard InChI is InChI=1S/C37H37BrFN5O6/c1-48-32-15-10-24(19-27(32)38)35(46)42-26-11-6-22(7-12-26)21-41-29-13-9-25(20-28(29)39)36-44-31-17-23(8-14-33(31)50-36)18-34(45)43-30(37(47)49-2)5-3-4-16-40/h6-15,17,19-20,30,41H,3-5,16,18,21,40H2,1-2H3,(H,42,46)(H,43,45). The van der Waals surface area contributed by atoms with E-state index in [4.69, 9.17) is 19.6 Å². The predicted molar refractivity (Wildman–Crippen MR) is 192 cm³/mol. The number of rotatable bonds is 15. The van der Waals surface area contributed by atoms with Gasteiger partial charge in [0.15, 0.2) is 5.58 Å². The van der Waals surface area contributed by atoms with Crippen LogP contribution >= 0.6 is 15.9 Å². The monoisotopic (exact) mass is 745 g/mol. The average molecular weight is 747 g/mol. The Morgan fingerprint density at radius 3 is 2.44 bits per heavy atom. The first-order valence-corrected chi connectivity index (χ1v) is 16.7. The minimum absolute atomic E-state index is 0.0245. The van der Waals surface area contributed by atoms with E-state index >= 15 is 4.39 Å². The summed E-state index contributed by atoms with van der Waals surface area (Å²) >= 11 is 3.39. The molecule has 5 N–H and O–H groups in total. The highest BCUT2D eigenvalue weighted by Gasteiger charge is 2.21. The summed E-state index contributed by atoms with van der Waals surface area (Å²) in [5, 5.41) is 8.70. The molecule has 2 amide bonds. The minimum Gasteiger partial charge on any atom is -0.496 e. The van der Waals surface area contributed by atoms with Gasteiger partial charge in [-0.3, -0.25) is 9.59 Å². The number of anilines is 2. The van der Waals surface area contributed by atoms with Crippen LogP contribution in [0.15, 0.2) is 87.8 Å². The lowest BCUT2D eigenvalue weighted by atomic mass is 10.1. The van der Waals surface area contributed by atoms with Gasteiger partial charge < -0.3 is 35.6 Å². The Hall–Kier alpha value is -5.27. The molecule has 50 heavy (non-hydrogen) atoms. The van der Waals surface area contributed by atoms with Crippen molar-refractivity contribution in [2.75, 3.05) is 31.4 Å². The number of benzene rings is 4. The van der Waals surface area contributed by atoms with E-state index in [-0.39, 0.29) is 24.1 Å². The van der Waals surface area contributed by atoms with Crippen molar-refractivity contribution < 1.29 is 32.7 Å². The van der Waals surface area contributed by atoms with Crippen LogP contribution in [-0.4, -0.2) is 49.6 Å². The summed E-state index contributed by atoms with van der Waals surface area (Å²) in [5.74, 6) is -0.712. The number of unbranched alkanes of at least 4 members (excludes halogenated alkanes) is 1. The van der Waals surface area contributed by atoms with Gasteiger partial charge in [0.05, 0.1) is 30.8 Å². The molecule has 4 aromatic carbocycles. The van der Waals surface area contributed by atoms with Crippen LogP contribution in [0, 0.1) is 5.82 Å². The summed E-state index contributed by atoms with van der Waals surface area (Å²) in [4.78, 5) is 42.0. The van der Waals surface area contributed by atoms with Gasteiger partial charge in [-0.25, -0.2) is 14.2 Å². The third kappa shape index (κ3) is 9.24. The van der Waals surface area contributed by atoms with E-state index in [0.717, 1.165) is 12.0 Å². The highest BCUT2D eigenvalue weighted by molar-refractivity contribution is 9.10. The molecule has 0 saturated carbocycles. The second-order valence-electron chi connectivity index (χ2n) is 11.5. The number of nitrogens with zero attached hydrogens (tertiary/aromatic N) is 1. The van der Waals surface area contributed by atoms with Gasteiger partial charge in [-0.15, -0.1) is 0 Å². The fraction of sp³-hybridized carbons (Fsp3) is 0.243. The Morgan fingerprint density at radius 1 is 0.960 bits per heavy atom. The van der Waals surface area contributed by atoms with Crippen LogP contribution < -0.4 is 26.4 Å². The van der Waals surface area contributed by atoms with Gasteiger partial charge >= 0.3 is 5.97 Å². The first-order chi connectivity index (χ1) is 24.2. The molecule has 13 heteroatoms. The maximum atomic E-state index is 15.2. The quantitative estimate of drug-likeness (QED) is 0.0685. The number of nitrogens with two attached hydrogens (primary N) is 1. The zero-order chi connectivity index (χ0) is 35.6. The molecule has 0 fully saturated rings. The van der Waals surface area contributed by atoms with E-state index in [1.54, 1.807) is 67.8 Å². The molecule has 5 rings (SSSR count). The van der Waals surface area contributed by atoms with Crippen molar-refractivity contribution in [3.05, 3.63) is 106 Å². The summed E-state index contributed by atoms with van der Waals surface area (Å²) < 4.78 is 31.8. The highest BCUT2D eigenvalue weighted by atomic mass is 79.9. The Kier molecular flexibility index (Phi) is 12.2. The number of nitrogens with one attached hydrogen (secondary N) is 3. The fourth-order valence-corrected chi connectivity index (χ4v) is 5.77. The molecule has 1 atom stereocenters. The van der Waals surface area contributed by atoms with Crippen LogP contribution in [0.2, 0.25) is 0 Å². The fourth-order valence-electron chi connectivity index (χ4n) is 5.23. The van der Waals surface area contributed by atoms with Gasteiger partial charge in [-0.2, -0.15) is 0 Å². The predicted octanol–water partition coefficient (Wildman–Crippen LogP) is 6.60. The van der Waals surface area contributed by atoms with Crippen molar-refractivity contribution in [1.29, 1.82) is 0 Å². The molecular weight excluding hydrogens is 709 g/mol. The van der Waals surface area contributed by atoms with Crippen LogP contribution in [0.25, 0.3) is 22.6 Å². The number of aromatic nitrogens is 1. The number of carbonyl (C=O) groups is 3. The third-order valence-corrected chi connectivity index (χ3v) is 8.53. The second kappa shape index (κ2) is 16.9. The van der Waals surface area contributed by atoms with Gasteiger partial charge in [0.2, 0.25) is 11.8 Å². The molecule has 0 bridgehead atoms. The molecule has 1 aromatic heterocycles. The molecule has 0 saturated heterocycles. The van der Waals surface area contributed by atoms with Crippen LogP contribution in [-0.2, 0) is 27.3 Å². The summed E-state index contributed by atoms with van der Waals surface area (Å²) in [6, 6.07) is 21.4. The van der Waals surface area contributed by atoms with E-state index in [1.807, 2.05) is 12.1 Å². The number of ether oxygens (including phenoxy) is 2. The van der Waals surface area contributed by atoms with E-state index in [9.17, 15) is 14.4 Å². The molecule has 260 valence electrons. The maximum absolute atomic E-state index is 15.2. The van der Waals surface area contributed by atoms with Crippen molar-refractivity contribution in [2.45, 2.75) is 38.3 Å². The van der Waals surface area contributed by atoms with Gasteiger partial charge in [0.1, 0.15) is 23.1 Å². The third-order valence-electron chi connectivity index (χ3n) is 7.91. The molecule has 5 aromatic rings. The van der Waals surface area contributed by atoms with Crippen LogP contribution in [0.1, 0.15) is 40.7 Å². The lowest BCUT2D eigenvalue weighted by Crippen LogP contribution is -2.42. The lowest BCUT2D eigenvalue weighted by molar-refractivity contribution is -0.145. The molecule has 0 spiro atoms. The SMILES string of the molecule is COC(=O)C(CCCCN)NC(=O)Cc1ccc2oc(-c3ccc(NCc4ccc(NC(=O)c5ccc(OC)c(Br)c5)cc4)c(F)c3)nc2c1. The van der Waals surface area contributed by atoms with E-state index in [1.165, 1.54) is 13.2 Å². The Morgan fingerprint density at radius 2 is 1.74 bits per heavy atom. The van der Waals surface area contributed by atoms with Crippen LogP contribution in [0.3, 0.4) is 0 Å². The van der Waals surface area contributed by atoms with Crippen molar-refractivity contribution in [3.8, 4) is 17.2 Å². The zero-order valence-corrected chi connectivity index (χ0v) is 29.1. The Labute approximate surface area is 296 Å². The first kappa shape index (κ1) is 36.0. The largest absolute Gasteiger partial charge is 0.496 e. The minimum atomic E-state index is -0.747. The second-order valence-corrected chi connectivity index (χ2v) is 12.3. The first-order valence-electron chi connectivity index (χ1n) is 15.9. The number of methoxy groups -OCH3 is 2. The molecular formula is C37H37BrFN5O6. The Balaban J connectivity index is 1.17. The molecule has 1 unspecified atom stereocenters. The number of hydrogen-bond acceptors (Lipinski definition) is 9. The van der Waals surface area contributed by atoms with E-state index < -0.39 is 17.8 Å². The van der Waals surface area contributed by atoms with Crippen LogP contribution in [0.5, 0.6) is 5.75 Å². The molecule has 1 heterocycles. The molecule has 0 aliphatic rings. The number of carbonyl (C=O) groups excluding carboxylic acids is 3. The summed E-state index contributed by atoms with van der Waals surface area (Å²) in [7, 11) is 2.84. The van der Waals surface area contributed by atoms with Crippen molar-refractivity contribution in [3.63, 3.8) is 0 Å². The number of fused-ring (bicyclic) bond motifs is 1. The maximum Gasteiger partial charge on any atom is 0.328 e. The van der Waals surface area contributed by atoms with Crippen molar-refractivity contribution in [2.24, 2.45) is 5.73 Å². The number of esters is 1. The zero-order valence-electron chi connectivity index (χ0n) is 27.6. The van der Waals surface area contributed by atoms with E-state index in [0.29, 0.717) is 75.3 Å². The number of oxazole rings is 1. The average Bonchev–Trinajstić information content (AvgIpc) is 3.54. The van der Waals surface area contributed by atoms with Gasteiger partial charge in [0, 0.05) is 23.4 Å². The molecule has 0 aliphatic carbocycles. The number of hydrogen-bond donors (Lipinski definition) is 4. The highest BCUT2D eigenvalue weighted by Crippen LogP contribution is 2.29. The van der Waals surface area contributed by atoms with Gasteiger partial charge in [-0.1, -0.05) is 18.2 Å². The smallest absolute Gasteiger partial charge is 0.328 e. The lowest BCUT2D eigenvalue weighted by Gasteiger charge is -2.16. The van der Waals surface area contributed by atoms with Crippen molar-refractivity contribution >= 4 is 56.2 Å². The van der Waals surface area contributed by atoms with Crippen LogP contribution in [0.4, 0.5) is 15.8 Å². The molecule has 11 nitrogen and oxygen atoms in total. The number of halogens is 2. The van der Waals surface area contributed by atoms with Gasteiger partial charge in [-0.05, 0) is 114 Å². The summed E-state index contributed by atoms with van der Waals surface area (Å²) in [5.41, 5.74) is 9.94. The van der Waals surface area contributed by atoms with Gasteiger partial charge in [0.25, 0.3) is 5.91 Å².